The minimum atomic E-state index is -3.19. The van der Waals surface area contributed by atoms with Crippen LogP contribution in [0.4, 0.5) is 0 Å². The Labute approximate surface area is 98.7 Å². The Balaban J connectivity index is 2.39. The zero-order valence-corrected chi connectivity index (χ0v) is 9.85. The summed E-state index contributed by atoms with van der Waals surface area (Å²) in [5, 5.41) is 9.05. The van der Waals surface area contributed by atoms with Crippen molar-refractivity contribution >= 4 is 9.84 Å². The lowest BCUT2D eigenvalue weighted by atomic mass is 10.2. The zero-order chi connectivity index (χ0) is 12.5. The molecule has 0 unspecified atom stereocenters. The summed E-state index contributed by atoms with van der Waals surface area (Å²) in [5.74, 6) is 0.421. The van der Waals surface area contributed by atoms with Crippen molar-refractivity contribution in [2.45, 2.75) is 4.90 Å². The Bertz CT molecular complexity index is 619. The lowest BCUT2D eigenvalue weighted by Crippen LogP contribution is -1.96. The maximum Gasteiger partial charge on any atom is 0.175 e. The van der Waals surface area contributed by atoms with Gasteiger partial charge in [0.1, 0.15) is 0 Å². The molecule has 0 saturated carbocycles. The Morgan fingerprint density at radius 2 is 1.59 bits per heavy atom. The third-order valence-corrected chi connectivity index (χ3v) is 3.31. The van der Waals surface area contributed by atoms with Crippen LogP contribution in [0.5, 0.6) is 5.75 Å². The van der Waals surface area contributed by atoms with E-state index in [1.807, 2.05) is 0 Å². The number of sulfone groups is 1. The van der Waals surface area contributed by atoms with E-state index in [4.69, 9.17) is 5.11 Å². The van der Waals surface area contributed by atoms with Gasteiger partial charge >= 0.3 is 0 Å². The van der Waals surface area contributed by atoms with E-state index in [1.165, 1.54) is 24.5 Å². The van der Waals surface area contributed by atoms with E-state index in [0.717, 1.165) is 6.26 Å². The van der Waals surface area contributed by atoms with Crippen LogP contribution in [0.1, 0.15) is 0 Å². The Kier molecular flexibility index (Phi) is 2.81. The van der Waals surface area contributed by atoms with Crippen molar-refractivity contribution in [2.75, 3.05) is 6.26 Å². The summed E-state index contributed by atoms with van der Waals surface area (Å²) in [4.78, 5) is 8.11. The predicted octanol–water partition coefficient (Wildman–Crippen LogP) is 1.25. The molecule has 0 fully saturated rings. The van der Waals surface area contributed by atoms with Crippen LogP contribution >= 0.6 is 0 Å². The van der Waals surface area contributed by atoms with Gasteiger partial charge in [0.2, 0.25) is 0 Å². The number of nitrogens with zero attached hydrogens (tertiary/aromatic N) is 2. The first-order valence-electron chi connectivity index (χ1n) is 4.78. The number of hydrogen-bond acceptors (Lipinski definition) is 5. The highest BCUT2D eigenvalue weighted by Crippen LogP contribution is 2.18. The van der Waals surface area contributed by atoms with Gasteiger partial charge < -0.3 is 5.11 Å². The van der Waals surface area contributed by atoms with Crippen LogP contribution in [0, 0.1) is 0 Å². The van der Waals surface area contributed by atoms with Crippen LogP contribution in [0.25, 0.3) is 11.4 Å². The van der Waals surface area contributed by atoms with Gasteiger partial charge in [0.05, 0.1) is 17.3 Å². The molecular weight excluding hydrogens is 240 g/mol. The SMILES string of the molecule is CS(=O)(=O)c1ccc(-c2ncc(O)cn2)cc1. The van der Waals surface area contributed by atoms with Crippen molar-refractivity contribution < 1.29 is 13.5 Å². The summed E-state index contributed by atoms with van der Waals surface area (Å²) in [6.45, 7) is 0. The molecule has 0 aliphatic carbocycles. The van der Waals surface area contributed by atoms with Crippen LogP contribution in [0.15, 0.2) is 41.6 Å². The lowest BCUT2D eigenvalue weighted by Gasteiger charge is -2.01. The third-order valence-electron chi connectivity index (χ3n) is 2.18. The summed E-state index contributed by atoms with van der Waals surface area (Å²) in [6.07, 6.45) is 3.72. The molecule has 2 rings (SSSR count). The quantitative estimate of drug-likeness (QED) is 0.867. The molecule has 0 aliphatic heterocycles. The van der Waals surface area contributed by atoms with E-state index in [1.54, 1.807) is 12.1 Å². The summed E-state index contributed by atoms with van der Waals surface area (Å²) in [7, 11) is -3.19. The van der Waals surface area contributed by atoms with E-state index >= 15 is 0 Å². The lowest BCUT2D eigenvalue weighted by molar-refractivity contribution is 0.470. The second kappa shape index (κ2) is 4.14. The van der Waals surface area contributed by atoms with Crippen molar-refractivity contribution in [2.24, 2.45) is 0 Å². The topological polar surface area (TPSA) is 80.2 Å². The van der Waals surface area contributed by atoms with E-state index in [0.29, 0.717) is 11.4 Å². The predicted molar refractivity (Wildman–Crippen MR) is 62.2 cm³/mol. The molecule has 0 bridgehead atoms. The molecule has 6 heteroatoms. The number of aromatic nitrogens is 2. The van der Waals surface area contributed by atoms with Crippen molar-refractivity contribution in [1.29, 1.82) is 0 Å². The summed E-state index contributed by atoms with van der Waals surface area (Å²) in [6, 6.07) is 6.26. The van der Waals surface area contributed by atoms with Crippen LogP contribution < -0.4 is 0 Å². The molecule has 0 spiro atoms. The van der Waals surface area contributed by atoms with E-state index in [-0.39, 0.29) is 10.6 Å². The van der Waals surface area contributed by atoms with Gasteiger partial charge in [0, 0.05) is 11.8 Å². The molecule has 0 amide bonds. The normalized spacial score (nSPS) is 11.4. The maximum absolute atomic E-state index is 11.3. The first-order valence-corrected chi connectivity index (χ1v) is 6.67. The minimum Gasteiger partial charge on any atom is -0.505 e. The van der Waals surface area contributed by atoms with Gasteiger partial charge in [-0.15, -0.1) is 0 Å². The highest BCUT2D eigenvalue weighted by Gasteiger charge is 2.07. The van der Waals surface area contributed by atoms with Crippen LogP contribution in [0.2, 0.25) is 0 Å². The molecule has 17 heavy (non-hydrogen) atoms. The van der Waals surface area contributed by atoms with Crippen molar-refractivity contribution in [1.82, 2.24) is 9.97 Å². The number of benzene rings is 1. The number of aromatic hydroxyl groups is 1. The molecule has 0 radical (unpaired) electrons. The van der Waals surface area contributed by atoms with Gasteiger partial charge in [-0.3, -0.25) is 0 Å². The van der Waals surface area contributed by atoms with Gasteiger partial charge in [-0.2, -0.15) is 0 Å². The molecule has 1 heterocycles. The van der Waals surface area contributed by atoms with Gasteiger partial charge in [0.15, 0.2) is 21.4 Å². The fourth-order valence-corrected chi connectivity index (χ4v) is 1.95. The molecular formula is C11H10N2O3S. The first-order chi connectivity index (χ1) is 7.97. The largest absolute Gasteiger partial charge is 0.505 e. The van der Waals surface area contributed by atoms with Crippen molar-refractivity contribution in [3.8, 4) is 17.1 Å². The highest BCUT2D eigenvalue weighted by atomic mass is 32.2. The fraction of sp³-hybridized carbons (Fsp3) is 0.0909. The zero-order valence-electron chi connectivity index (χ0n) is 9.03. The first kappa shape index (κ1) is 11.5. The van der Waals surface area contributed by atoms with Gasteiger partial charge in [-0.05, 0) is 24.3 Å². The van der Waals surface area contributed by atoms with Crippen LogP contribution in [0.3, 0.4) is 0 Å². The highest BCUT2D eigenvalue weighted by molar-refractivity contribution is 7.90. The van der Waals surface area contributed by atoms with Gasteiger partial charge in [-0.25, -0.2) is 18.4 Å². The molecule has 0 atom stereocenters. The molecule has 0 saturated heterocycles. The van der Waals surface area contributed by atoms with Crippen LogP contribution in [-0.4, -0.2) is 29.7 Å². The molecule has 2 aromatic rings. The molecule has 1 aromatic heterocycles. The van der Waals surface area contributed by atoms with Gasteiger partial charge in [-0.1, -0.05) is 0 Å². The molecule has 1 N–H and O–H groups in total. The fourth-order valence-electron chi connectivity index (χ4n) is 1.32. The standard InChI is InChI=1S/C11H10N2O3S/c1-17(15,16)10-4-2-8(3-5-10)11-12-6-9(14)7-13-11/h2-7,14H,1H3. The molecule has 88 valence electrons. The third kappa shape index (κ3) is 2.59. The van der Waals surface area contributed by atoms with E-state index in [9.17, 15) is 8.42 Å². The van der Waals surface area contributed by atoms with E-state index in [2.05, 4.69) is 9.97 Å². The average molecular weight is 250 g/mol. The number of rotatable bonds is 2. The Morgan fingerprint density at radius 1 is 1.06 bits per heavy atom. The smallest absolute Gasteiger partial charge is 0.175 e. The van der Waals surface area contributed by atoms with Crippen molar-refractivity contribution in [3.05, 3.63) is 36.7 Å². The van der Waals surface area contributed by atoms with Crippen molar-refractivity contribution in [3.63, 3.8) is 0 Å². The van der Waals surface area contributed by atoms with Gasteiger partial charge in [0.25, 0.3) is 0 Å². The molecule has 1 aromatic carbocycles. The Hall–Kier alpha value is -1.95. The second-order valence-corrected chi connectivity index (χ2v) is 5.58. The maximum atomic E-state index is 11.3. The average Bonchev–Trinajstić information content (AvgIpc) is 2.29. The van der Waals surface area contributed by atoms with E-state index < -0.39 is 9.84 Å². The summed E-state index contributed by atoms with van der Waals surface area (Å²) in [5.41, 5.74) is 0.692. The monoisotopic (exact) mass is 250 g/mol. The minimum absolute atomic E-state index is 0.0125. The summed E-state index contributed by atoms with van der Waals surface area (Å²) >= 11 is 0. The second-order valence-electron chi connectivity index (χ2n) is 3.56. The van der Waals surface area contributed by atoms with Crippen LogP contribution in [-0.2, 0) is 9.84 Å². The molecule has 0 aliphatic rings. The Morgan fingerprint density at radius 3 is 2.06 bits per heavy atom. The summed E-state index contributed by atoms with van der Waals surface area (Å²) < 4.78 is 22.5. The number of hydrogen-bond donors (Lipinski definition) is 1. The molecule has 5 nitrogen and oxygen atoms in total.